The zero-order valence-corrected chi connectivity index (χ0v) is 14.5. The Kier molecular flexibility index (Phi) is 4.35. The van der Waals surface area contributed by atoms with Gasteiger partial charge in [0, 0.05) is 26.2 Å². The molecule has 21 heavy (non-hydrogen) atoms. The number of nitrogens with zero attached hydrogens (tertiary/aromatic N) is 5. The van der Waals surface area contributed by atoms with Gasteiger partial charge in [0.15, 0.2) is 4.60 Å². The quantitative estimate of drug-likeness (QED) is 0.779. The lowest BCUT2D eigenvalue weighted by Crippen LogP contribution is -2.41. The molecule has 2 fully saturated rings. The molecule has 0 N–H and O–H groups in total. The van der Waals surface area contributed by atoms with E-state index >= 15 is 0 Å². The van der Waals surface area contributed by atoms with Gasteiger partial charge >= 0.3 is 0 Å². The number of halogens is 1. The summed E-state index contributed by atoms with van der Waals surface area (Å²) in [6, 6.07) is 0.347. The molecule has 3 rings (SSSR count). The highest BCUT2D eigenvalue weighted by Crippen LogP contribution is 2.27. The van der Waals surface area contributed by atoms with Gasteiger partial charge in [0.2, 0.25) is 5.03 Å². The predicted octanol–water partition coefficient (Wildman–Crippen LogP) is 0.826. The van der Waals surface area contributed by atoms with E-state index in [0.717, 1.165) is 19.5 Å². The molecule has 1 aromatic rings. The molecule has 1 atom stereocenters. The molecule has 7 nitrogen and oxygen atoms in total. The number of aryl methyl sites for hydroxylation is 1. The largest absolute Gasteiger partial charge is 0.299 e. The zero-order chi connectivity index (χ0) is 15.0. The lowest BCUT2D eigenvalue weighted by molar-refractivity contribution is 0.169. The molecule has 118 valence electrons. The van der Waals surface area contributed by atoms with Crippen molar-refractivity contribution >= 4 is 26.0 Å². The van der Waals surface area contributed by atoms with Crippen molar-refractivity contribution in [3.8, 4) is 0 Å². The SMILES string of the molecule is Cn1nnc(Br)c1S(=O)(=O)N1CCC(N2CCCCC2)C1. The van der Waals surface area contributed by atoms with Crippen LogP contribution in [0.25, 0.3) is 0 Å². The van der Waals surface area contributed by atoms with Crippen molar-refractivity contribution in [3.05, 3.63) is 4.60 Å². The average Bonchev–Trinajstić information content (AvgIpc) is 3.08. The van der Waals surface area contributed by atoms with Crippen LogP contribution >= 0.6 is 15.9 Å². The summed E-state index contributed by atoms with van der Waals surface area (Å²) in [7, 11) is -1.93. The van der Waals surface area contributed by atoms with Gasteiger partial charge in [-0.05, 0) is 48.3 Å². The molecule has 0 aromatic carbocycles. The van der Waals surface area contributed by atoms with E-state index in [2.05, 4.69) is 31.1 Å². The Morgan fingerprint density at radius 3 is 2.52 bits per heavy atom. The van der Waals surface area contributed by atoms with Gasteiger partial charge in [-0.1, -0.05) is 11.6 Å². The van der Waals surface area contributed by atoms with Crippen LogP contribution in [-0.2, 0) is 17.1 Å². The standard InChI is InChI=1S/C12H20BrN5O2S/c1-16-12(11(13)14-15-16)21(19,20)18-8-5-10(9-18)17-6-3-2-4-7-17/h10H,2-9H2,1H3. The number of sulfonamides is 1. The van der Waals surface area contributed by atoms with Crippen molar-refractivity contribution in [1.82, 2.24) is 24.2 Å². The maximum Gasteiger partial charge on any atom is 0.263 e. The number of aromatic nitrogens is 3. The van der Waals surface area contributed by atoms with E-state index < -0.39 is 10.0 Å². The van der Waals surface area contributed by atoms with Gasteiger partial charge in [-0.2, -0.15) is 4.31 Å². The molecule has 3 heterocycles. The maximum absolute atomic E-state index is 12.7. The van der Waals surface area contributed by atoms with E-state index in [-0.39, 0.29) is 9.63 Å². The lowest BCUT2D eigenvalue weighted by Gasteiger charge is -2.32. The van der Waals surface area contributed by atoms with Crippen LogP contribution in [0.5, 0.6) is 0 Å². The molecule has 0 spiro atoms. The predicted molar refractivity (Wildman–Crippen MR) is 81.3 cm³/mol. The van der Waals surface area contributed by atoms with Crippen LogP contribution in [0.4, 0.5) is 0 Å². The zero-order valence-electron chi connectivity index (χ0n) is 12.1. The summed E-state index contributed by atoms with van der Waals surface area (Å²) in [5.41, 5.74) is 0. The Morgan fingerprint density at radius 2 is 1.90 bits per heavy atom. The summed E-state index contributed by atoms with van der Waals surface area (Å²) in [5.74, 6) is 0. The second-order valence-electron chi connectivity index (χ2n) is 5.71. The molecule has 9 heteroatoms. The van der Waals surface area contributed by atoms with E-state index in [4.69, 9.17) is 0 Å². The second-order valence-corrected chi connectivity index (χ2v) is 8.32. The van der Waals surface area contributed by atoms with E-state index in [9.17, 15) is 8.42 Å². The first-order valence-electron chi connectivity index (χ1n) is 7.29. The first-order chi connectivity index (χ1) is 10.00. The van der Waals surface area contributed by atoms with Crippen molar-refractivity contribution in [2.45, 2.75) is 36.8 Å². The van der Waals surface area contributed by atoms with Gasteiger partial charge in [-0.25, -0.2) is 13.1 Å². The Bertz CT molecular complexity index is 592. The topological polar surface area (TPSA) is 71.3 Å². The van der Waals surface area contributed by atoms with Gasteiger partial charge in [-0.15, -0.1) is 5.10 Å². The number of piperidine rings is 1. The number of likely N-dealkylation sites (tertiary alicyclic amines) is 1. The third-order valence-electron chi connectivity index (χ3n) is 4.35. The molecule has 0 aliphatic carbocycles. The Hall–Kier alpha value is -0.510. The summed E-state index contributed by atoms with van der Waals surface area (Å²) in [4.78, 5) is 2.44. The summed E-state index contributed by atoms with van der Waals surface area (Å²) < 4.78 is 28.6. The monoisotopic (exact) mass is 377 g/mol. The Labute approximate surface area is 133 Å². The van der Waals surface area contributed by atoms with Crippen LogP contribution in [0.15, 0.2) is 9.63 Å². The van der Waals surface area contributed by atoms with Gasteiger partial charge < -0.3 is 0 Å². The normalized spacial score (nSPS) is 25.5. The third kappa shape index (κ3) is 2.88. The van der Waals surface area contributed by atoms with Crippen LogP contribution in [-0.4, -0.2) is 64.8 Å². The summed E-state index contributed by atoms with van der Waals surface area (Å²) >= 11 is 3.18. The average molecular weight is 378 g/mol. The molecule has 0 radical (unpaired) electrons. The van der Waals surface area contributed by atoms with Crippen molar-refractivity contribution in [2.24, 2.45) is 7.05 Å². The first-order valence-corrected chi connectivity index (χ1v) is 9.53. The molecule has 0 saturated carbocycles. The van der Waals surface area contributed by atoms with Crippen LogP contribution in [0.1, 0.15) is 25.7 Å². The van der Waals surface area contributed by atoms with Crippen LogP contribution in [0.2, 0.25) is 0 Å². The van der Waals surface area contributed by atoms with E-state index in [1.54, 1.807) is 11.4 Å². The van der Waals surface area contributed by atoms with Crippen LogP contribution < -0.4 is 0 Å². The summed E-state index contributed by atoms with van der Waals surface area (Å²) in [6.07, 6.45) is 4.64. The minimum absolute atomic E-state index is 0.141. The minimum Gasteiger partial charge on any atom is -0.299 e. The highest BCUT2D eigenvalue weighted by Gasteiger charge is 2.38. The molecular weight excluding hydrogens is 358 g/mol. The maximum atomic E-state index is 12.7. The highest BCUT2D eigenvalue weighted by molar-refractivity contribution is 9.10. The Morgan fingerprint density at radius 1 is 1.19 bits per heavy atom. The highest BCUT2D eigenvalue weighted by atomic mass is 79.9. The van der Waals surface area contributed by atoms with E-state index in [1.807, 2.05) is 0 Å². The van der Waals surface area contributed by atoms with Gasteiger partial charge in [0.25, 0.3) is 10.0 Å². The number of hydrogen-bond donors (Lipinski definition) is 0. The Balaban J connectivity index is 1.76. The molecule has 2 aliphatic rings. The van der Waals surface area contributed by atoms with Crippen molar-refractivity contribution in [3.63, 3.8) is 0 Å². The van der Waals surface area contributed by atoms with Crippen molar-refractivity contribution in [1.29, 1.82) is 0 Å². The number of rotatable bonds is 3. The molecule has 1 unspecified atom stereocenters. The molecule has 2 aliphatic heterocycles. The summed E-state index contributed by atoms with van der Waals surface area (Å²) in [5, 5.41) is 7.68. The molecule has 0 bridgehead atoms. The van der Waals surface area contributed by atoms with Gasteiger partial charge in [-0.3, -0.25) is 4.90 Å². The third-order valence-corrected chi connectivity index (χ3v) is 7.11. The van der Waals surface area contributed by atoms with Gasteiger partial charge in [0.05, 0.1) is 0 Å². The van der Waals surface area contributed by atoms with Crippen molar-refractivity contribution in [2.75, 3.05) is 26.2 Å². The first kappa shape index (κ1) is 15.4. The van der Waals surface area contributed by atoms with Gasteiger partial charge in [0.1, 0.15) is 0 Å². The van der Waals surface area contributed by atoms with E-state index in [0.29, 0.717) is 19.1 Å². The molecule has 1 aromatic heterocycles. The fourth-order valence-corrected chi connectivity index (χ4v) is 5.75. The molecular formula is C12H20BrN5O2S. The fourth-order valence-electron chi connectivity index (χ4n) is 3.23. The minimum atomic E-state index is -3.53. The molecule has 0 amide bonds. The number of hydrogen-bond acceptors (Lipinski definition) is 5. The lowest BCUT2D eigenvalue weighted by atomic mass is 10.1. The fraction of sp³-hybridized carbons (Fsp3) is 0.833. The smallest absolute Gasteiger partial charge is 0.263 e. The van der Waals surface area contributed by atoms with Crippen LogP contribution in [0, 0.1) is 0 Å². The second kappa shape index (κ2) is 5.94. The van der Waals surface area contributed by atoms with E-state index in [1.165, 1.54) is 23.9 Å². The van der Waals surface area contributed by atoms with Crippen LogP contribution in [0.3, 0.4) is 0 Å². The van der Waals surface area contributed by atoms with Crippen molar-refractivity contribution < 1.29 is 8.42 Å². The molecule has 2 saturated heterocycles. The summed E-state index contributed by atoms with van der Waals surface area (Å²) in [6.45, 7) is 3.33.